The van der Waals surface area contributed by atoms with Gasteiger partial charge in [0.05, 0.1) is 17.5 Å². The average molecular weight is 276 g/mol. The van der Waals surface area contributed by atoms with Crippen LogP contribution in [0.5, 0.6) is 0 Å². The number of rotatable bonds is 0. The first-order valence-corrected chi connectivity index (χ1v) is 5.71. The van der Waals surface area contributed by atoms with Crippen molar-refractivity contribution in [3.63, 3.8) is 0 Å². The van der Waals surface area contributed by atoms with Crippen LogP contribution in [0.3, 0.4) is 0 Å². The van der Waals surface area contributed by atoms with Crippen LogP contribution >= 0.6 is 15.9 Å². The van der Waals surface area contributed by atoms with E-state index in [0.717, 1.165) is 5.06 Å². The number of allylic oxidation sites excluding steroid dienone is 1. The molecule has 5 heteroatoms. The van der Waals surface area contributed by atoms with E-state index in [9.17, 15) is 10.3 Å². The molecule has 2 atom stereocenters. The highest BCUT2D eigenvalue weighted by molar-refractivity contribution is 9.09. The third kappa shape index (κ3) is 1.79. The monoisotopic (exact) mass is 275 g/mol. The number of aliphatic hydroxyl groups excluding tert-OH is 1. The van der Waals surface area contributed by atoms with Gasteiger partial charge in [-0.2, -0.15) is 0 Å². The van der Waals surface area contributed by atoms with E-state index < -0.39 is 11.7 Å². The normalized spacial score (nSPS) is 33.8. The molecule has 2 rings (SSSR count). The average Bonchev–Trinajstić information content (AvgIpc) is 2.16. The lowest BCUT2D eigenvalue weighted by Crippen LogP contribution is -2.49. The molecule has 15 heavy (non-hydrogen) atoms. The van der Waals surface area contributed by atoms with Crippen molar-refractivity contribution in [3.05, 3.63) is 23.6 Å². The molecule has 0 bridgehead atoms. The Morgan fingerprint density at radius 1 is 1.60 bits per heavy atom. The van der Waals surface area contributed by atoms with Crippen LogP contribution in [-0.2, 0) is 4.74 Å². The molecule has 0 aromatic rings. The van der Waals surface area contributed by atoms with Crippen LogP contribution in [0.4, 0.5) is 0 Å². The Labute approximate surface area is 96.9 Å². The van der Waals surface area contributed by atoms with Crippen LogP contribution in [0, 0.1) is 0 Å². The smallest absolute Gasteiger partial charge is 0.125 e. The third-order valence-electron chi connectivity index (χ3n) is 2.72. The maximum Gasteiger partial charge on any atom is 0.125 e. The Kier molecular flexibility index (Phi) is 2.56. The predicted molar refractivity (Wildman–Crippen MR) is 58.5 cm³/mol. The van der Waals surface area contributed by atoms with Gasteiger partial charge in [0.2, 0.25) is 0 Å². The lowest BCUT2D eigenvalue weighted by molar-refractivity contribution is -0.0602. The fraction of sp³-hybridized carbons (Fsp3) is 0.600. The zero-order chi connectivity index (χ0) is 11.2. The molecule has 0 aromatic heterocycles. The molecule has 84 valence electrons. The van der Waals surface area contributed by atoms with Gasteiger partial charge >= 0.3 is 0 Å². The van der Waals surface area contributed by atoms with E-state index in [-0.39, 0.29) is 11.4 Å². The molecule has 2 aliphatic heterocycles. The molecule has 0 radical (unpaired) electrons. The summed E-state index contributed by atoms with van der Waals surface area (Å²) in [6.07, 6.45) is 2.56. The predicted octanol–water partition coefficient (Wildman–Crippen LogP) is 1.39. The summed E-state index contributed by atoms with van der Waals surface area (Å²) in [6.45, 7) is 4.11. The number of aliphatic hydroxyl groups is 1. The number of hydrogen-bond donors (Lipinski definition) is 2. The number of ether oxygens (including phenoxy) is 1. The maximum absolute atomic E-state index is 10.1. The quantitative estimate of drug-likeness (QED) is 0.656. The van der Waals surface area contributed by atoms with Gasteiger partial charge in [-0.25, -0.2) is 0 Å². The van der Waals surface area contributed by atoms with E-state index in [0.29, 0.717) is 11.3 Å². The van der Waals surface area contributed by atoms with Gasteiger partial charge in [0.15, 0.2) is 0 Å². The molecule has 2 aliphatic rings. The van der Waals surface area contributed by atoms with Crippen LogP contribution in [0.2, 0.25) is 0 Å². The van der Waals surface area contributed by atoms with Gasteiger partial charge in [-0.15, -0.1) is 0 Å². The largest absolute Gasteiger partial charge is 0.486 e. The molecule has 0 aromatic carbocycles. The Hall–Kier alpha value is -0.520. The summed E-state index contributed by atoms with van der Waals surface area (Å²) in [7, 11) is 0. The minimum atomic E-state index is -0.636. The van der Waals surface area contributed by atoms with Gasteiger partial charge in [0.1, 0.15) is 11.4 Å². The van der Waals surface area contributed by atoms with Crippen molar-refractivity contribution in [3.8, 4) is 0 Å². The second-order valence-electron chi connectivity index (χ2n) is 4.35. The number of nitrogens with zero attached hydrogens (tertiary/aromatic N) is 1. The molecule has 0 saturated heterocycles. The van der Waals surface area contributed by atoms with Gasteiger partial charge in [-0.1, -0.05) is 15.9 Å². The number of alkyl halides is 1. The van der Waals surface area contributed by atoms with Crippen LogP contribution in [-0.4, -0.2) is 38.5 Å². The van der Waals surface area contributed by atoms with E-state index in [2.05, 4.69) is 15.9 Å². The highest BCUT2D eigenvalue weighted by Crippen LogP contribution is 2.38. The Morgan fingerprint density at radius 3 is 2.93 bits per heavy atom. The summed E-state index contributed by atoms with van der Waals surface area (Å²) in [5, 5.41) is 20.4. The van der Waals surface area contributed by atoms with Crippen molar-refractivity contribution in [2.75, 3.05) is 6.54 Å². The molecule has 2 unspecified atom stereocenters. The van der Waals surface area contributed by atoms with Crippen LogP contribution in [0.25, 0.3) is 0 Å². The molecular weight excluding hydrogens is 262 g/mol. The van der Waals surface area contributed by atoms with E-state index in [1.165, 1.54) is 6.20 Å². The van der Waals surface area contributed by atoms with E-state index in [4.69, 9.17) is 4.74 Å². The Balaban J connectivity index is 2.36. The van der Waals surface area contributed by atoms with E-state index >= 15 is 0 Å². The van der Waals surface area contributed by atoms with Gasteiger partial charge in [-0.3, -0.25) is 10.3 Å². The minimum absolute atomic E-state index is 0.177. The SMILES string of the molecule is CC1(C)OC2=C(CN(O)C=C2)C(O)C1Br. The Morgan fingerprint density at radius 2 is 2.27 bits per heavy atom. The van der Waals surface area contributed by atoms with Crippen molar-refractivity contribution >= 4 is 15.9 Å². The minimum Gasteiger partial charge on any atom is -0.486 e. The molecule has 0 fully saturated rings. The zero-order valence-electron chi connectivity index (χ0n) is 8.64. The van der Waals surface area contributed by atoms with Crippen molar-refractivity contribution in [2.24, 2.45) is 0 Å². The summed E-state index contributed by atoms with van der Waals surface area (Å²) >= 11 is 3.42. The fourth-order valence-corrected chi connectivity index (χ4v) is 2.21. The number of halogens is 1. The van der Waals surface area contributed by atoms with E-state index in [1.807, 2.05) is 13.8 Å². The highest BCUT2D eigenvalue weighted by atomic mass is 79.9. The first-order chi connectivity index (χ1) is 6.92. The molecule has 2 heterocycles. The van der Waals surface area contributed by atoms with E-state index in [1.54, 1.807) is 6.08 Å². The standard InChI is InChI=1S/C10H14BrNO3/c1-10(2)9(11)8(13)6-5-12(14)4-3-7(6)15-10/h3-4,8-9,13-14H,5H2,1-2H3. The van der Waals surface area contributed by atoms with Gasteiger partial charge < -0.3 is 9.84 Å². The molecular formula is C10H14BrNO3. The first kappa shape index (κ1) is 11.0. The zero-order valence-corrected chi connectivity index (χ0v) is 10.2. The molecule has 4 nitrogen and oxygen atoms in total. The molecule has 0 aliphatic carbocycles. The summed E-state index contributed by atoms with van der Waals surface area (Å²) in [5.41, 5.74) is 0.251. The first-order valence-electron chi connectivity index (χ1n) is 4.80. The van der Waals surface area contributed by atoms with Crippen molar-refractivity contribution < 1.29 is 15.1 Å². The van der Waals surface area contributed by atoms with Crippen molar-refractivity contribution in [2.45, 2.75) is 30.4 Å². The topological polar surface area (TPSA) is 52.9 Å². The molecule has 2 N–H and O–H groups in total. The third-order valence-corrected chi connectivity index (χ3v) is 4.32. The van der Waals surface area contributed by atoms with Crippen molar-refractivity contribution in [1.82, 2.24) is 5.06 Å². The Bertz CT molecular complexity index is 338. The second kappa shape index (κ2) is 3.50. The van der Waals surface area contributed by atoms with Crippen molar-refractivity contribution in [1.29, 1.82) is 0 Å². The van der Waals surface area contributed by atoms with Gasteiger partial charge in [0.25, 0.3) is 0 Å². The van der Waals surface area contributed by atoms with Gasteiger partial charge in [0, 0.05) is 11.8 Å². The molecule has 0 saturated carbocycles. The maximum atomic E-state index is 10.1. The number of hydroxylamine groups is 2. The summed E-state index contributed by atoms with van der Waals surface area (Å²) in [6, 6.07) is 0. The summed E-state index contributed by atoms with van der Waals surface area (Å²) in [5.74, 6) is 0.661. The second-order valence-corrected chi connectivity index (χ2v) is 5.34. The van der Waals surface area contributed by atoms with Gasteiger partial charge in [-0.05, 0) is 19.9 Å². The lowest BCUT2D eigenvalue weighted by atomic mass is 9.90. The van der Waals surface area contributed by atoms with Crippen LogP contribution in [0.1, 0.15) is 13.8 Å². The number of hydrogen-bond acceptors (Lipinski definition) is 4. The molecule has 0 amide bonds. The summed E-state index contributed by atoms with van der Waals surface area (Å²) < 4.78 is 5.76. The molecule has 0 spiro atoms. The summed E-state index contributed by atoms with van der Waals surface area (Å²) in [4.78, 5) is -0.177. The lowest BCUT2D eigenvalue weighted by Gasteiger charge is -2.42. The highest BCUT2D eigenvalue weighted by Gasteiger charge is 2.43. The fourth-order valence-electron chi connectivity index (χ4n) is 1.80. The van der Waals surface area contributed by atoms with Crippen LogP contribution in [0.15, 0.2) is 23.6 Å². The van der Waals surface area contributed by atoms with Crippen LogP contribution < -0.4 is 0 Å².